The van der Waals surface area contributed by atoms with E-state index in [9.17, 15) is 9.59 Å². The van der Waals surface area contributed by atoms with E-state index >= 15 is 0 Å². The van der Waals surface area contributed by atoms with Gasteiger partial charge in [-0.25, -0.2) is 0 Å². The summed E-state index contributed by atoms with van der Waals surface area (Å²) in [7, 11) is 1.61. The molecule has 5 nitrogen and oxygen atoms in total. The van der Waals surface area contributed by atoms with E-state index in [1.165, 1.54) is 0 Å². The Labute approximate surface area is 200 Å². The predicted molar refractivity (Wildman–Crippen MR) is 128 cm³/mol. The molecule has 0 unspecified atom stereocenters. The normalized spacial score (nSPS) is 14.8. The SMILES string of the molecule is CC[C@@H](C(=O)NC1CCCC1)N(Cc1ccc(OC)cc1)C(=O)Cc1ccc(Cl)cc1Cl. The number of nitrogens with one attached hydrogen (secondary N) is 1. The molecule has 0 radical (unpaired) electrons. The lowest BCUT2D eigenvalue weighted by atomic mass is 10.1. The van der Waals surface area contributed by atoms with E-state index in [1.807, 2.05) is 31.2 Å². The third-order valence-corrected chi connectivity index (χ3v) is 6.54. The van der Waals surface area contributed by atoms with Crippen molar-refractivity contribution in [3.05, 3.63) is 63.6 Å². The molecule has 0 spiro atoms. The Morgan fingerprint density at radius 3 is 2.41 bits per heavy atom. The number of carbonyl (C=O) groups excluding carboxylic acids is 2. The topological polar surface area (TPSA) is 58.6 Å². The molecule has 1 aliphatic carbocycles. The molecule has 1 fully saturated rings. The minimum absolute atomic E-state index is 0.0940. The van der Waals surface area contributed by atoms with Crippen LogP contribution in [0.25, 0.3) is 0 Å². The Morgan fingerprint density at radius 2 is 1.81 bits per heavy atom. The maximum absolute atomic E-state index is 13.4. The van der Waals surface area contributed by atoms with Crippen LogP contribution < -0.4 is 10.1 Å². The minimum Gasteiger partial charge on any atom is -0.497 e. The third kappa shape index (κ3) is 6.39. The summed E-state index contributed by atoms with van der Waals surface area (Å²) in [6.07, 6.45) is 4.87. The molecule has 3 rings (SSSR count). The van der Waals surface area contributed by atoms with Gasteiger partial charge in [0.1, 0.15) is 11.8 Å². The van der Waals surface area contributed by atoms with Crippen LogP contribution in [0.1, 0.15) is 50.2 Å². The molecule has 172 valence electrons. The van der Waals surface area contributed by atoms with Gasteiger partial charge in [-0.15, -0.1) is 0 Å². The van der Waals surface area contributed by atoms with Crippen molar-refractivity contribution < 1.29 is 14.3 Å². The van der Waals surface area contributed by atoms with Crippen molar-refractivity contribution in [1.29, 1.82) is 0 Å². The number of ether oxygens (including phenoxy) is 1. The average molecular weight is 477 g/mol. The van der Waals surface area contributed by atoms with Crippen molar-refractivity contribution in [1.82, 2.24) is 10.2 Å². The maximum Gasteiger partial charge on any atom is 0.243 e. The molecule has 7 heteroatoms. The fourth-order valence-corrected chi connectivity index (χ4v) is 4.62. The number of carbonyl (C=O) groups is 2. The van der Waals surface area contributed by atoms with E-state index in [4.69, 9.17) is 27.9 Å². The quantitative estimate of drug-likeness (QED) is 0.526. The van der Waals surface area contributed by atoms with E-state index in [1.54, 1.807) is 30.2 Å². The minimum atomic E-state index is -0.559. The van der Waals surface area contributed by atoms with Crippen molar-refractivity contribution in [2.75, 3.05) is 7.11 Å². The van der Waals surface area contributed by atoms with Crippen molar-refractivity contribution in [3.63, 3.8) is 0 Å². The molecule has 0 saturated heterocycles. The van der Waals surface area contributed by atoms with Gasteiger partial charge in [0.25, 0.3) is 0 Å². The van der Waals surface area contributed by atoms with E-state index < -0.39 is 6.04 Å². The molecule has 2 aromatic carbocycles. The van der Waals surface area contributed by atoms with Gasteiger partial charge in [-0.2, -0.15) is 0 Å². The first-order valence-corrected chi connectivity index (χ1v) is 11.8. The molecule has 1 saturated carbocycles. The second-order valence-electron chi connectivity index (χ2n) is 8.20. The van der Waals surface area contributed by atoms with E-state index in [0.717, 1.165) is 37.0 Å². The average Bonchev–Trinajstić information content (AvgIpc) is 3.29. The van der Waals surface area contributed by atoms with Gasteiger partial charge in [0.15, 0.2) is 0 Å². The highest BCUT2D eigenvalue weighted by atomic mass is 35.5. The monoisotopic (exact) mass is 476 g/mol. The molecule has 0 bridgehead atoms. The fraction of sp³-hybridized carbons (Fsp3) is 0.440. The van der Waals surface area contributed by atoms with Gasteiger partial charge in [-0.3, -0.25) is 9.59 Å². The molecule has 32 heavy (non-hydrogen) atoms. The zero-order valence-electron chi connectivity index (χ0n) is 18.6. The van der Waals surface area contributed by atoms with E-state index in [0.29, 0.717) is 28.6 Å². The van der Waals surface area contributed by atoms with Gasteiger partial charge >= 0.3 is 0 Å². The van der Waals surface area contributed by atoms with Crippen LogP contribution in [-0.2, 0) is 22.6 Å². The summed E-state index contributed by atoms with van der Waals surface area (Å²) in [5.74, 6) is 0.493. The zero-order valence-corrected chi connectivity index (χ0v) is 20.1. The summed E-state index contributed by atoms with van der Waals surface area (Å²) in [6, 6.07) is 12.3. The summed E-state index contributed by atoms with van der Waals surface area (Å²) in [5, 5.41) is 4.12. The van der Waals surface area contributed by atoms with Crippen LogP contribution in [-0.4, -0.2) is 35.9 Å². The molecule has 1 N–H and O–H groups in total. The molecule has 0 heterocycles. The van der Waals surface area contributed by atoms with Crippen LogP contribution in [0.2, 0.25) is 10.0 Å². The van der Waals surface area contributed by atoms with Gasteiger partial charge < -0.3 is 15.0 Å². The lowest BCUT2D eigenvalue weighted by Crippen LogP contribution is -2.51. The van der Waals surface area contributed by atoms with Crippen LogP contribution >= 0.6 is 23.2 Å². The molecule has 0 aliphatic heterocycles. The maximum atomic E-state index is 13.4. The van der Waals surface area contributed by atoms with Crippen LogP contribution in [0.4, 0.5) is 0 Å². The number of hydrogen-bond acceptors (Lipinski definition) is 3. The number of nitrogens with zero attached hydrogens (tertiary/aromatic N) is 1. The van der Waals surface area contributed by atoms with Crippen molar-refractivity contribution >= 4 is 35.0 Å². The lowest BCUT2D eigenvalue weighted by molar-refractivity contribution is -0.141. The number of amides is 2. The number of benzene rings is 2. The Bertz CT molecular complexity index is 927. The summed E-state index contributed by atoms with van der Waals surface area (Å²) < 4.78 is 5.23. The summed E-state index contributed by atoms with van der Waals surface area (Å²) in [6.45, 7) is 2.26. The van der Waals surface area contributed by atoms with E-state index in [2.05, 4.69) is 5.32 Å². The van der Waals surface area contributed by atoms with Gasteiger partial charge in [-0.1, -0.05) is 61.2 Å². The Balaban J connectivity index is 1.83. The third-order valence-electron chi connectivity index (χ3n) is 5.96. The highest BCUT2D eigenvalue weighted by molar-refractivity contribution is 6.35. The largest absolute Gasteiger partial charge is 0.497 e. The summed E-state index contributed by atoms with van der Waals surface area (Å²) in [4.78, 5) is 28.3. The van der Waals surface area contributed by atoms with Gasteiger partial charge in [0.05, 0.1) is 13.5 Å². The molecule has 2 aromatic rings. The van der Waals surface area contributed by atoms with Crippen molar-refractivity contribution in [3.8, 4) is 5.75 Å². The van der Waals surface area contributed by atoms with Crippen molar-refractivity contribution in [2.24, 2.45) is 0 Å². The standard InChI is InChI=1S/C25H30Cl2N2O3/c1-3-23(25(31)28-20-6-4-5-7-20)29(16-17-8-12-21(32-2)13-9-17)24(30)14-18-10-11-19(26)15-22(18)27/h8-13,15,20,23H,3-7,14,16H2,1-2H3,(H,28,31)/t23-/m0/s1. The first kappa shape index (κ1) is 24.4. The van der Waals surface area contributed by atoms with Crippen LogP contribution in [0, 0.1) is 0 Å². The molecular weight excluding hydrogens is 447 g/mol. The fourth-order valence-electron chi connectivity index (χ4n) is 4.14. The second kappa shape index (κ2) is 11.6. The first-order chi connectivity index (χ1) is 15.4. The Kier molecular flexibility index (Phi) is 8.83. The first-order valence-electron chi connectivity index (χ1n) is 11.1. The lowest BCUT2D eigenvalue weighted by Gasteiger charge is -2.31. The summed E-state index contributed by atoms with van der Waals surface area (Å²) >= 11 is 12.3. The van der Waals surface area contributed by atoms with Crippen LogP contribution in [0.5, 0.6) is 5.75 Å². The molecule has 1 atom stereocenters. The highest BCUT2D eigenvalue weighted by Gasteiger charge is 2.30. The number of rotatable bonds is 9. The second-order valence-corrected chi connectivity index (χ2v) is 9.04. The smallest absolute Gasteiger partial charge is 0.243 e. The van der Waals surface area contributed by atoms with E-state index in [-0.39, 0.29) is 24.3 Å². The zero-order chi connectivity index (χ0) is 23.1. The predicted octanol–water partition coefficient (Wildman–Crippen LogP) is 5.41. The number of halogens is 2. The molecule has 0 aromatic heterocycles. The van der Waals surface area contributed by atoms with Gasteiger partial charge in [-0.05, 0) is 54.7 Å². The van der Waals surface area contributed by atoms with Gasteiger partial charge in [0.2, 0.25) is 11.8 Å². The highest BCUT2D eigenvalue weighted by Crippen LogP contribution is 2.24. The number of methoxy groups -OCH3 is 1. The molecule has 2 amide bonds. The van der Waals surface area contributed by atoms with Crippen LogP contribution in [0.15, 0.2) is 42.5 Å². The Hall–Kier alpha value is -2.24. The Morgan fingerprint density at radius 1 is 1.12 bits per heavy atom. The number of hydrogen-bond donors (Lipinski definition) is 1. The molecule has 1 aliphatic rings. The van der Waals surface area contributed by atoms with Crippen molar-refractivity contribution in [2.45, 2.75) is 64.1 Å². The van der Waals surface area contributed by atoms with Crippen LogP contribution in [0.3, 0.4) is 0 Å². The summed E-state index contributed by atoms with van der Waals surface area (Å²) in [5.41, 5.74) is 1.61. The molecular formula is C25H30Cl2N2O3. The van der Waals surface area contributed by atoms with Gasteiger partial charge in [0, 0.05) is 22.6 Å².